The minimum Gasteiger partial charge on any atom is -0.469 e. The van der Waals surface area contributed by atoms with Crippen molar-refractivity contribution in [3.63, 3.8) is 0 Å². The van der Waals surface area contributed by atoms with Gasteiger partial charge < -0.3 is 4.74 Å². The standard InChI is InChI=1S/C12H19NO4S/c1-4-9(5-2)13-18(15,16)11-8-6-7-10(11)12(14)17-3/h1,9-11,13H,5-8H2,2-3H3. The van der Waals surface area contributed by atoms with E-state index in [4.69, 9.17) is 6.42 Å². The molecule has 102 valence electrons. The van der Waals surface area contributed by atoms with Crippen molar-refractivity contribution in [3.8, 4) is 12.3 Å². The minimum absolute atomic E-state index is 0.461. The van der Waals surface area contributed by atoms with Crippen molar-refractivity contribution in [1.82, 2.24) is 4.72 Å². The van der Waals surface area contributed by atoms with Gasteiger partial charge in [0.1, 0.15) is 0 Å². The molecule has 3 atom stereocenters. The first-order valence-electron chi connectivity index (χ1n) is 6.01. The summed E-state index contributed by atoms with van der Waals surface area (Å²) < 4.78 is 31.5. The lowest BCUT2D eigenvalue weighted by atomic mass is 10.1. The second kappa shape index (κ2) is 6.21. The van der Waals surface area contributed by atoms with Gasteiger partial charge in [0.2, 0.25) is 10.0 Å². The molecule has 3 unspecified atom stereocenters. The van der Waals surface area contributed by atoms with Gasteiger partial charge in [0, 0.05) is 0 Å². The Morgan fingerprint density at radius 1 is 1.56 bits per heavy atom. The van der Waals surface area contributed by atoms with E-state index in [9.17, 15) is 13.2 Å². The van der Waals surface area contributed by atoms with Gasteiger partial charge in [-0.25, -0.2) is 13.1 Å². The molecule has 0 heterocycles. The third-order valence-electron chi connectivity index (χ3n) is 3.27. The van der Waals surface area contributed by atoms with Crippen molar-refractivity contribution in [2.24, 2.45) is 5.92 Å². The van der Waals surface area contributed by atoms with E-state index >= 15 is 0 Å². The zero-order chi connectivity index (χ0) is 13.8. The molecule has 5 nitrogen and oxygen atoms in total. The van der Waals surface area contributed by atoms with Crippen molar-refractivity contribution in [2.45, 2.75) is 43.9 Å². The van der Waals surface area contributed by atoms with E-state index in [2.05, 4.69) is 15.4 Å². The minimum atomic E-state index is -3.58. The molecule has 0 aromatic rings. The monoisotopic (exact) mass is 273 g/mol. The van der Waals surface area contributed by atoms with Crippen LogP contribution in [0.4, 0.5) is 0 Å². The van der Waals surface area contributed by atoms with Crippen LogP contribution < -0.4 is 4.72 Å². The number of hydrogen-bond donors (Lipinski definition) is 1. The zero-order valence-corrected chi connectivity index (χ0v) is 11.5. The van der Waals surface area contributed by atoms with Crippen molar-refractivity contribution >= 4 is 16.0 Å². The summed E-state index contributed by atoms with van der Waals surface area (Å²) >= 11 is 0. The van der Waals surface area contributed by atoms with E-state index in [1.54, 1.807) is 6.92 Å². The lowest BCUT2D eigenvalue weighted by molar-refractivity contribution is -0.145. The summed E-state index contributed by atoms with van der Waals surface area (Å²) in [5.74, 6) is 1.34. The van der Waals surface area contributed by atoms with Crippen LogP contribution >= 0.6 is 0 Å². The lowest BCUT2D eigenvalue weighted by Crippen LogP contribution is -2.43. The fraction of sp³-hybridized carbons (Fsp3) is 0.750. The van der Waals surface area contributed by atoms with Crippen LogP contribution in [0.2, 0.25) is 0 Å². The number of nitrogens with one attached hydrogen (secondary N) is 1. The smallest absolute Gasteiger partial charge is 0.310 e. The number of sulfonamides is 1. The predicted molar refractivity (Wildman–Crippen MR) is 68.1 cm³/mol. The van der Waals surface area contributed by atoms with Crippen molar-refractivity contribution in [1.29, 1.82) is 0 Å². The van der Waals surface area contributed by atoms with Crippen LogP contribution in [0.15, 0.2) is 0 Å². The quantitative estimate of drug-likeness (QED) is 0.590. The molecule has 1 saturated carbocycles. The molecule has 0 aromatic heterocycles. The number of rotatable bonds is 5. The highest BCUT2D eigenvalue weighted by Crippen LogP contribution is 2.31. The first kappa shape index (κ1) is 15.0. The van der Waals surface area contributed by atoms with Gasteiger partial charge in [-0.15, -0.1) is 6.42 Å². The highest BCUT2D eigenvalue weighted by molar-refractivity contribution is 7.90. The summed E-state index contributed by atoms with van der Waals surface area (Å²) in [5.41, 5.74) is 0. The van der Waals surface area contributed by atoms with Gasteiger partial charge in [0.25, 0.3) is 0 Å². The van der Waals surface area contributed by atoms with E-state index in [1.807, 2.05) is 0 Å². The first-order chi connectivity index (χ1) is 8.46. The maximum absolute atomic E-state index is 12.2. The Kier molecular flexibility index (Phi) is 5.17. The van der Waals surface area contributed by atoms with Crippen LogP contribution in [0.25, 0.3) is 0 Å². The summed E-state index contributed by atoms with van der Waals surface area (Å²) in [6.07, 6.45) is 7.48. The van der Waals surface area contributed by atoms with Gasteiger partial charge in [-0.1, -0.05) is 19.3 Å². The van der Waals surface area contributed by atoms with E-state index in [1.165, 1.54) is 7.11 Å². The second-order valence-corrected chi connectivity index (χ2v) is 6.32. The Morgan fingerprint density at radius 3 is 2.72 bits per heavy atom. The third kappa shape index (κ3) is 3.24. The first-order valence-corrected chi connectivity index (χ1v) is 7.56. The molecule has 6 heteroatoms. The lowest BCUT2D eigenvalue weighted by Gasteiger charge is -2.20. The van der Waals surface area contributed by atoms with Crippen molar-refractivity contribution in [3.05, 3.63) is 0 Å². The van der Waals surface area contributed by atoms with E-state index < -0.39 is 33.2 Å². The Bertz CT molecular complexity index is 437. The number of ether oxygens (including phenoxy) is 1. The van der Waals surface area contributed by atoms with E-state index in [0.717, 1.165) is 0 Å². The highest BCUT2D eigenvalue weighted by atomic mass is 32.2. The fourth-order valence-corrected chi connectivity index (χ4v) is 4.20. The largest absolute Gasteiger partial charge is 0.469 e. The number of carbonyl (C=O) groups is 1. The van der Waals surface area contributed by atoms with Gasteiger partial charge >= 0.3 is 5.97 Å². The van der Waals surface area contributed by atoms with Gasteiger partial charge in [-0.2, -0.15) is 0 Å². The maximum Gasteiger partial charge on any atom is 0.310 e. The number of carbonyl (C=O) groups excluding carboxylic acids is 1. The molecule has 1 aliphatic carbocycles. The van der Waals surface area contributed by atoms with Gasteiger partial charge in [-0.3, -0.25) is 4.79 Å². The van der Waals surface area contributed by atoms with Crippen LogP contribution in [0.5, 0.6) is 0 Å². The topological polar surface area (TPSA) is 72.5 Å². The number of esters is 1. The predicted octanol–water partition coefficient (Wildman–Crippen LogP) is 0.659. The molecule has 0 bridgehead atoms. The van der Waals surface area contributed by atoms with Crippen molar-refractivity contribution < 1.29 is 17.9 Å². The molecule has 18 heavy (non-hydrogen) atoms. The summed E-state index contributed by atoms with van der Waals surface area (Å²) in [5, 5.41) is -0.729. The molecular formula is C12H19NO4S. The van der Waals surface area contributed by atoms with Crippen LogP contribution in [-0.4, -0.2) is 32.8 Å². The molecule has 0 saturated heterocycles. The van der Waals surface area contributed by atoms with Gasteiger partial charge in [0.05, 0.1) is 24.3 Å². The zero-order valence-electron chi connectivity index (χ0n) is 10.7. The van der Waals surface area contributed by atoms with Crippen LogP contribution in [0.3, 0.4) is 0 Å². The Morgan fingerprint density at radius 2 is 2.22 bits per heavy atom. The molecule has 1 fully saturated rings. The number of hydrogen-bond acceptors (Lipinski definition) is 4. The van der Waals surface area contributed by atoms with Gasteiger partial charge in [0.15, 0.2) is 0 Å². The Balaban J connectivity index is 2.84. The number of terminal acetylenes is 1. The Labute approximate surface area is 108 Å². The molecule has 0 amide bonds. The van der Waals surface area contributed by atoms with Crippen LogP contribution in [0, 0.1) is 18.3 Å². The van der Waals surface area contributed by atoms with Crippen LogP contribution in [-0.2, 0) is 19.6 Å². The van der Waals surface area contributed by atoms with Crippen molar-refractivity contribution in [2.75, 3.05) is 7.11 Å². The summed E-state index contributed by atoms with van der Waals surface area (Å²) in [7, 11) is -2.31. The summed E-state index contributed by atoms with van der Waals surface area (Å²) in [4.78, 5) is 11.5. The van der Waals surface area contributed by atoms with Gasteiger partial charge in [-0.05, 0) is 19.3 Å². The normalized spacial score (nSPS) is 25.4. The summed E-state index contributed by atoms with van der Waals surface area (Å²) in [6.45, 7) is 1.81. The average Bonchev–Trinajstić information content (AvgIpc) is 2.85. The number of methoxy groups -OCH3 is 1. The molecule has 0 aromatic carbocycles. The molecule has 1 aliphatic rings. The highest BCUT2D eigenvalue weighted by Gasteiger charge is 2.42. The second-order valence-electron chi connectivity index (χ2n) is 4.39. The molecule has 1 rings (SSSR count). The Hall–Kier alpha value is -1.06. The van der Waals surface area contributed by atoms with E-state index in [-0.39, 0.29) is 0 Å². The third-order valence-corrected chi connectivity index (χ3v) is 5.25. The van der Waals surface area contributed by atoms with E-state index in [0.29, 0.717) is 25.7 Å². The molecule has 0 spiro atoms. The molecule has 1 N–H and O–H groups in total. The molecular weight excluding hydrogens is 254 g/mol. The summed E-state index contributed by atoms with van der Waals surface area (Å²) in [6, 6.07) is -0.520. The SMILES string of the molecule is C#CC(CC)NS(=O)(=O)C1CCCC1C(=O)OC. The average molecular weight is 273 g/mol. The molecule has 0 aliphatic heterocycles. The van der Waals surface area contributed by atoms with Crippen LogP contribution in [0.1, 0.15) is 32.6 Å². The maximum atomic E-state index is 12.2. The molecule has 0 radical (unpaired) electrons. The fourth-order valence-electron chi connectivity index (χ4n) is 2.24.